The smallest absolute Gasteiger partial charge is 0.257 e. The first-order valence-electron chi connectivity index (χ1n) is 3.36. The fourth-order valence-electron chi connectivity index (χ4n) is 0.866. The number of rotatable bonds is 2. The highest BCUT2D eigenvalue weighted by Crippen LogP contribution is 2.30. The molecule has 0 radical (unpaired) electrons. The van der Waals surface area contributed by atoms with Crippen molar-refractivity contribution in [3.8, 4) is 0 Å². The molecule has 0 aliphatic rings. The Labute approximate surface area is 83.7 Å². The number of nitrogens with two attached hydrogens (primary N) is 1. The number of halogens is 4. The molecule has 0 amide bonds. The Hall–Kier alpha value is -0.450. The molecule has 0 saturated heterocycles. The summed E-state index contributed by atoms with van der Waals surface area (Å²) in [5.41, 5.74) is 5.23. The van der Waals surface area contributed by atoms with Gasteiger partial charge in [-0.3, -0.25) is 4.98 Å². The summed E-state index contributed by atoms with van der Waals surface area (Å²) in [5, 5.41) is 0.112. The van der Waals surface area contributed by atoms with Crippen LogP contribution in [0.4, 0.5) is 8.78 Å². The second-order valence-electron chi connectivity index (χ2n) is 2.38. The van der Waals surface area contributed by atoms with E-state index in [1.807, 2.05) is 0 Å². The van der Waals surface area contributed by atoms with E-state index in [0.717, 1.165) is 0 Å². The summed E-state index contributed by atoms with van der Waals surface area (Å²) in [4.78, 5) is 3.62. The van der Waals surface area contributed by atoms with Crippen molar-refractivity contribution in [1.29, 1.82) is 0 Å². The lowest BCUT2D eigenvalue weighted by Crippen LogP contribution is -2.19. The second kappa shape index (κ2) is 4.17. The zero-order valence-electron chi connectivity index (χ0n) is 6.35. The van der Waals surface area contributed by atoms with Crippen molar-refractivity contribution in [1.82, 2.24) is 4.98 Å². The van der Waals surface area contributed by atoms with E-state index in [1.165, 1.54) is 12.4 Å². The van der Waals surface area contributed by atoms with Gasteiger partial charge in [-0.15, -0.1) is 0 Å². The first kappa shape index (κ1) is 10.6. The standard InChI is InChI=1S/C7H6Cl2F2N2/c8-3-1-13-2-4(9)5(3)6(12)7(10)11/h1-2,6-7H,12H2/t6-/m0/s1. The molecular formula is C7H6Cl2F2N2. The van der Waals surface area contributed by atoms with E-state index in [-0.39, 0.29) is 15.6 Å². The molecule has 1 aromatic heterocycles. The van der Waals surface area contributed by atoms with Crippen molar-refractivity contribution in [3.05, 3.63) is 28.0 Å². The number of alkyl halides is 2. The maximum atomic E-state index is 12.2. The van der Waals surface area contributed by atoms with Gasteiger partial charge in [0.15, 0.2) is 0 Å². The van der Waals surface area contributed by atoms with Gasteiger partial charge in [0.1, 0.15) is 0 Å². The predicted molar refractivity (Wildman–Crippen MR) is 47.2 cm³/mol. The molecule has 0 unspecified atom stereocenters. The third-order valence-electron chi connectivity index (χ3n) is 1.50. The minimum absolute atomic E-state index is 0.0355. The van der Waals surface area contributed by atoms with Crippen LogP contribution in [0.5, 0.6) is 0 Å². The van der Waals surface area contributed by atoms with Gasteiger partial charge in [-0.1, -0.05) is 23.2 Å². The largest absolute Gasteiger partial charge is 0.319 e. The predicted octanol–water partition coefficient (Wildman–Crippen LogP) is 2.65. The molecule has 0 bridgehead atoms. The topological polar surface area (TPSA) is 38.9 Å². The lowest BCUT2D eigenvalue weighted by Gasteiger charge is -2.13. The number of nitrogens with zero attached hydrogens (tertiary/aromatic N) is 1. The quantitative estimate of drug-likeness (QED) is 0.843. The Morgan fingerprint density at radius 3 is 2.08 bits per heavy atom. The monoisotopic (exact) mass is 226 g/mol. The van der Waals surface area contributed by atoms with E-state index in [1.54, 1.807) is 0 Å². The van der Waals surface area contributed by atoms with E-state index in [0.29, 0.717) is 0 Å². The van der Waals surface area contributed by atoms with Crippen LogP contribution in [0.2, 0.25) is 10.0 Å². The molecule has 1 atom stereocenters. The summed E-state index contributed by atoms with van der Waals surface area (Å²) >= 11 is 11.2. The van der Waals surface area contributed by atoms with E-state index in [4.69, 9.17) is 28.9 Å². The maximum absolute atomic E-state index is 12.2. The van der Waals surface area contributed by atoms with Crippen LogP contribution in [-0.4, -0.2) is 11.4 Å². The van der Waals surface area contributed by atoms with Gasteiger partial charge in [-0.05, 0) is 0 Å². The molecule has 1 rings (SSSR count). The van der Waals surface area contributed by atoms with Crippen molar-refractivity contribution in [2.24, 2.45) is 5.73 Å². The highest BCUT2D eigenvalue weighted by atomic mass is 35.5. The molecular weight excluding hydrogens is 221 g/mol. The third kappa shape index (κ3) is 2.27. The minimum Gasteiger partial charge on any atom is -0.319 e. The molecule has 0 aliphatic heterocycles. The van der Waals surface area contributed by atoms with Crippen molar-refractivity contribution in [2.75, 3.05) is 0 Å². The zero-order chi connectivity index (χ0) is 10.0. The first-order valence-corrected chi connectivity index (χ1v) is 4.12. The highest BCUT2D eigenvalue weighted by molar-refractivity contribution is 6.35. The molecule has 2 nitrogen and oxygen atoms in total. The van der Waals surface area contributed by atoms with Gasteiger partial charge in [0.25, 0.3) is 6.43 Å². The van der Waals surface area contributed by atoms with Crippen LogP contribution < -0.4 is 5.73 Å². The van der Waals surface area contributed by atoms with E-state index < -0.39 is 12.5 Å². The van der Waals surface area contributed by atoms with E-state index >= 15 is 0 Å². The van der Waals surface area contributed by atoms with Crippen LogP contribution in [-0.2, 0) is 0 Å². The number of hydrogen-bond donors (Lipinski definition) is 1. The molecule has 0 saturated carbocycles. The molecule has 0 aromatic carbocycles. The lowest BCUT2D eigenvalue weighted by atomic mass is 10.1. The van der Waals surface area contributed by atoms with Crippen LogP contribution in [0.3, 0.4) is 0 Å². The van der Waals surface area contributed by atoms with Crippen molar-refractivity contribution in [3.63, 3.8) is 0 Å². The summed E-state index contributed by atoms with van der Waals surface area (Å²) in [6.45, 7) is 0. The van der Waals surface area contributed by atoms with Crippen LogP contribution in [0.25, 0.3) is 0 Å². The average Bonchev–Trinajstić information content (AvgIpc) is 2.03. The van der Waals surface area contributed by atoms with Crippen LogP contribution in [0.1, 0.15) is 11.6 Å². The van der Waals surface area contributed by atoms with Crippen molar-refractivity contribution < 1.29 is 8.78 Å². The van der Waals surface area contributed by atoms with Gasteiger partial charge < -0.3 is 5.73 Å². The molecule has 13 heavy (non-hydrogen) atoms. The van der Waals surface area contributed by atoms with Crippen LogP contribution in [0, 0.1) is 0 Å². The minimum atomic E-state index is -2.70. The van der Waals surface area contributed by atoms with Gasteiger partial charge in [-0.2, -0.15) is 0 Å². The highest BCUT2D eigenvalue weighted by Gasteiger charge is 2.22. The summed E-state index contributed by atoms with van der Waals surface area (Å²) in [6.07, 6.45) is -0.242. The Kier molecular flexibility index (Phi) is 3.41. The van der Waals surface area contributed by atoms with Gasteiger partial charge >= 0.3 is 0 Å². The first-order chi connectivity index (χ1) is 6.04. The van der Waals surface area contributed by atoms with Gasteiger partial charge in [0, 0.05) is 18.0 Å². The Balaban J connectivity index is 3.12. The molecule has 72 valence electrons. The molecule has 6 heteroatoms. The van der Waals surface area contributed by atoms with Gasteiger partial charge in [0.2, 0.25) is 0 Å². The zero-order valence-corrected chi connectivity index (χ0v) is 7.86. The van der Waals surface area contributed by atoms with Crippen LogP contribution >= 0.6 is 23.2 Å². The maximum Gasteiger partial charge on any atom is 0.257 e. The Morgan fingerprint density at radius 1 is 1.23 bits per heavy atom. The normalized spacial score (nSPS) is 13.4. The number of hydrogen-bond acceptors (Lipinski definition) is 2. The fourth-order valence-corrected chi connectivity index (χ4v) is 1.48. The molecule has 0 fully saturated rings. The van der Waals surface area contributed by atoms with Crippen LogP contribution in [0.15, 0.2) is 12.4 Å². The molecule has 1 aromatic rings. The molecule has 0 aliphatic carbocycles. The SMILES string of the molecule is N[C@@H](c1c(Cl)cncc1Cl)C(F)F. The Morgan fingerprint density at radius 2 is 1.69 bits per heavy atom. The third-order valence-corrected chi connectivity index (χ3v) is 2.10. The van der Waals surface area contributed by atoms with Crippen molar-refractivity contribution >= 4 is 23.2 Å². The average molecular weight is 227 g/mol. The molecule has 1 heterocycles. The van der Waals surface area contributed by atoms with Gasteiger partial charge in [0.05, 0.1) is 16.1 Å². The summed E-state index contributed by atoms with van der Waals surface area (Å²) in [6, 6.07) is -1.47. The van der Waals surface area contributed by atoms with E-state index in [2.05, 4.69) is 4.98 Å². The summed E-state index contributed by atoms with van der Waals surface area (Å²) in [7, 11) is 0. The fraction of sp³-hybridized carbons (Fsp3) is 0.286. The number of pyridine rings is 1. The molecule has 0 spiro atoms. The summed E-state index contributed by atoms with van der Waals surface area (Å²) in [5.74, 6) is 0. The van der Waals surface area contributed by atoms with E-state index in [9.17, 15) is 8.78 Å². The summed E-state index contributed by atoms with van der Waals surface area (Å²) < 4.78 is 24.4. The van der Waals surface area contributed by atoms with Crippen molar-refractivity contribution in [2.45, 2.75) is 12.5 Å². The second-order valence-corrected chi connectivity index (χ2v) is 3.19. The lowest BCUT2D eigenvalue weighted by molar-refractivity contribution is 0.116. The van der Waals surface area contributed by atoms with Gasteiger partial charge in [-0.25, -0.2) is 8.78 Å². The molecule has 2 N–H and O–H groups in total. The Bertz CT molecular complexity index is 286. The number of aromatic nitrogens is 1.